The Labute approximate surface area is 170 Å². The van der Waals surface area contributed by atoms with Crippen molar-refractivity contribution in [2.24, 2.45) is 0 Å². The molecule has 152 valence electrons. The molecule has 0 radical (unpaired) electrons. The van der Waals surface area contributed by atoms with Crippen LogP contribution in [0.3, 0.4) is 0 Å². The van der Waals surface area contributed by atoms with Crippen LogP contribution in [0, 0.1) is 12.7 Å². The normalized spacial score (nSPS) is 11.5. The Morgan fingerprint density at radius 3 is 2.10 bits per heavy atom. The topological polar surface area (TPSA) is 34.1 Å². The molecule has 0 aliphatic carbocycles. The molecule has 7 heteroatoms. The second-order valence-electron chi connectivity index (χ2n) is 6.75. The summed E-state index contributed by atoms with van der Waals surface area (Å²) in [5.74, 6) is 0.441. The van der Waals surface area contributed by atoms with Gasteiger partial charge in [0, 0.05) is 28.5 Å². The third-order valence-corrected chi connectivity index (χ3v) is 4.45. The molecule has 4 aromatic rings. The molecule has 0 saturated carbocycles. The average molecular weight is 412 g/mol. The van der Waals surface area contributed by atoms with Crippen LogP contribution in [0.1, 0.15) is 11.3 Å². The predicted molar refractivity (Wildman–Crippen MR) is 108 cm³/mol. The minimum Gasteiger partial charge on any atom is -0.457 e. The lowest BCUT2D eigenvalue weighted by atomic mass is 10.1. The van der Waals surface area contributed by atoms with Gasteiger partial charge in [-0.05, 0) is 73.7 Å². The summed E-state index contributed by atoms with van der Waals surface area (Å²) in [7, 11) is 0. The maximum atomic E-state index is 13.5. The van der Waals surface area contributed by atoms with E-state index in [0.717, 1.165) is 34.6 Å². The molecule has 0 saturated heterocycles. The van der Waals surface area contributed by atoms with Crippen LogP contribution in [-0.2, 0) is 6.18 Å². The van der Waals surface area contributed by atoms with Crippen LogP contribution in [0.2, 0.25) is 0 Å². The van der Waals surface area contributed by atoms with Crippen molar-refractivity contribution in [3.63, 3.8) is 0 Å². The van der Waals surface area contributed by atoms with E-state index in [9.17, 15) is 17.6 Å². The van der Waals surface area contributed by atoms with Gasteiger partial charge < -0.3 is 10.1 Å². The third-order valence-electron chi connectivity index (χ3n) is 4.45. The number of hydrogen-bond donors (Lipinski definition) is 1. The molecule has 0 atom stereocenters. The smallest absolute Gasteiger partial charge is 0.416 e. The van der Waals surface area contributed by atoms with Gasteiger partial charge in [-0.2, -0.15) is 13.2 Å². The van der Waals surface area contributed by atoms with Crippen LogP contribution in [0.25, 0.3) is 10.9 Å². The molecule has 0 bridgehead atoms. The number of fused-ring (bicyclic) bond motifs is 1. The first kappa shape index (κ1) is 19.7. The third kappa shape index (κ3) is 4.35. The summed E-state index contributed by atoms with van der Waals surface area (Å²) in [5.41, 5.74) is 2.13. The maximum Gasteiger partial charge on any atom is 0.416 e. The van der Waals surface area contributed by atoms with Gasteiger partial charge in [-0.15, -0.1) is 0 Å². The SMILES string of the molecule is Cc1cc(Nc2ccc(Oc3ccc(C(F)(F)F)cc3)cc2)c2ccc(F)cc2n1. The molecule has 3 nitrogen and oxygen atoms in total. The highest BCUT2D eigenvalue weighted by molar-refractivity contribution is 5.93. The van der Waals surface area contributed by atoms with E-state index in [1.807, 2.05) is 13.0 Å². The highest BCUT2D eigenvalue weighted by Gasteiger charge is 2.30. The van der Waals surface area contributed by atoms with Crippen molar-refractivity contribution in [3.05, 3.63) is 89.9 Å². The lowest BCUT2D eigenvalue weighted by Crippen LogP contribution is -2.03. The van der Waals surface area contributed by atoms with Crippen LogP contribution in [-0.4, -0.2) is 4.98 Å². The molecule has 0 unspecified atom stereocenters. The fraction of sp³-hybridized carbons (Fsp3) is 0.0870. The number of ether oxygens (including phenoxy) is 1. The first-order chi connectivity index (χ1) is 14.3. The van der Waals surface area contributed by atoms with Gasteiger partial charge in [0.1, 0.15) is 17.3 Å². The number of halogens is 4. The van der Waals surface area contributed by atoms with Gasteiger partial charge in [-0.3, -0.25) is 4.98 Å². The van der Waals surface area contributed by atoms with Gasteiger partial charge >= 0.3 is 6.18 Å². The van der Waals surface area contributed by atoms with Gasteiger partial charge in [0.2, 0.25) is 0 Å². The molecular formula is C23H16F4N2O. The number of benzene rings is 3. The number of aromatic nitrogens is 1. The molecule has 0 spiro atoms. The minimum atomic E-state index is -4.38. The second kappa shape index (κ2) is 7.67. The summed E-state index contributed by atoms with van der Waals surface area (Å²) < 4.78 is 57.0. The number of rotatable bonds is 4. The van der Waals surface area contributed by atoms with Crippen molar-refractivity contribution in [2.75, 3.05) is 5.32 Å². The number of pyridine rings is 1. The van der Waals surface area contributed by atoms with Crippen LogP contribution in [0.4, 0.5) is 28.9 Å². The molecule has 1 N–H and O–H groups in total. The summed E-state index contributed by atoms with van der Waals surface area (Å²) in [5, 5.41) is 4.06. The molecular weight excluding hydrogens is 396 g/mol. The Kier molecular flexibility index (Phi) is 5.03. The monoisotopic (exact) mass is 412 g/mol. The van der Waals surface area contributed by atoms with E-state index in [1.54, 1.807) is 30.3 Å². The molecule has 30 heavy (non-hydrogen) atoms. The van der Waals surface area contributed by atoms with E-state index in [1.165, 1.54) is 24.3 Å². The highest BCUT2D eigenvalue weighted by Crippen LogP contribution is 2.32. The predicted octanol–water partition coefficient (Wildman–Crippen LogP) is 7.24. The summed E-state index contributed by atoms with van der Waals surface area (Å²) in [4.78, 5) is 4.35. The molecule has 0 amide bonds. The summed E-state index contributed by atoms with van der Waals surface area (Å²) >= 11 is 0. The van der Waals surface area contributed by atoms with Crippen LogP contribution in [0.15, 0.2) is 72.8 Å². The molecule has 4 rings (SSSR count). The second-order valence-corrected chi connectivity index (χ2v) is 6.75. The van der Waals surface area contributed by atoms with Crippen LogP contribution < -0.4 is 10.1 Å². The fourth-order valence-electron chi connectivity index (χ4n) is 3.05. The highest BCUT2D eigenvalue weighted by atomic mass is 19.4. The Balaban J connectivity index is 1.51. The van der Waals surface area contributed by atoms with E-state index >= 15 is 0 Å². The summed E-state index contributed by atoms with van der Waals surface area (Å²) in [6.45, 7) is 1.83. The molecule has 0 aliphatic rings. The van der Waals surface area contributed by atoms with Crippen LogP contribution >= 0.6 is 0 Å². The summed E-state index contributed by atoms with van der Waals surface area (Å²) in [6.07, 6.45) is -4.38. The zero-order valence-corrected chi connectivity index (χ0v) is 15.8. The van der Waals surface area contributed by atoms with Crippen LogP contribution in [0.5, 0.6) is 11.5 Å². The van der Waals surface area contributed by atoms with Gasteiger partial charge in [0.05, 0.1) is 11.1 Å². The summed E-state index contributed by atoms with van der Waals surface area (Å²) in [6, 6.07) is 17.8. The van der Waals surface area contributed by atoms with Gasteiger partial charge in [0.25, 0.3) is 0 Å². The minimum absolute atomic E-state index is 0.307. The van der Waals surface area contributed by atoms with Crippen molar-refractivity contribution in [1.82, 2.24) is 4.98 Å². The molecule has 0 aliphatic heterocycles. The first-order valence-electron chi connectivity index (χ1n) is 9.07. The Hall–Kier alpha value is -3.61. The Morgan fingerprint density at radius 1 is 0.833 bits per heavy atom. The van der Waals surface area contributed by atoms with E-state index in [2.05, 4.69) is 10.3 Å². The van der Waals surface area contributed by atoms with E-state index in [0.29, 0.717) is 17.0 Å². The number of nitrogens with zero attached hydrogens (tertiary/aromatic N) is 1. The lowest BCUT2D eigenvalue weighted by Gasteiger charge is -2.12. The molecule has 1 aromatic heterocycles. The van der Waals surface area contributed by atoms with Crippen molar-refractivity contribution in [2.45, 2.75) is 13.1 Å². The number of hydrogen-bond acceptors (Lipinski definition) is 3. The zero-order valence-electron chi connectivity index (χ0n) is 15.8. The van der Waals surface area contributed by atoms with Crippen molar-refractivity contribution >= 4 is 22.3 Å². The maximum absolute atomic E-state index is 13.5. The largest absolute Gasteiger partial charge is 0.457 e. The Bertz CT molecular complexity index is 1180. The van der Waals surface area contributed by atoms with Crippen molar-refractivity contribution < 1.29 is 22.3 Å². The zero-order chi connectivity index (χ0) is 21.3. The quantitative estimate of drug-likeness (QED) is 0.359. The molecule has 0 fully saturated rings. The first-order valence-corrected chi connectivity index (χ1v) is 9.07. The number of alkyl halides is 3. The van der Waals surface area contributed by atoms with Crippen molar-refractivity contribution in [3.8, 4) is 11.5 Å². The molecule has 1 heterocycles. The standard InChI is InChI=1S/C23H16F4N2O/c1-14-12-21(20-11-4-16(24)13-22(20)28-14)29-17-5-9-19(10-6-17)30-18-7-2-15(3-8-18)23(25,26)27/h2-13H,1H3,(H,28,29). The number of aryl methyl sites for hydroxylation is 1. The molecule has 3 aromatic carbocycles. The van der Waals surface area contributed by atoms with Gasteiger partial charge in [0.15, 0.2) is 0 Å². The number of nitrogens with one attached hydrogen (secondary N) is 1. The fourth-order valence-corrected chi connectivity index (χ4v) is 3.05. The number of anilines is 2. The van der Waals surface area contributed by atoms with E-state index in [-0.39, 0.29) is 5.82 Å². The van der Waals surface area contributed by atoms with Gasteiger partial charge in [-0.1, -0.05) is 0 Å². The van der Waals surface area contributed by atoms with Gasteiger partial charge in [-0.25, -0.2) is 4.39 Å². The van der Waals surface area contributed by atoms with E-state index in [4.69, 9.17) is 4.74 Å². The van der Waals surface area contributed by atoms with E-state index < -0.39 is 11.7 Å². The van der Waals surface area contributed by atoms with Crippen molar-refractivity contribution in [1.29, 1.82) is 0 Å². The Morgan fingerprint density at radius 2 is 1.47 bits per heavy atom. The average Bonchev–Trinajstić information content (AvgIpc) is 2.69. The lowest BCUT2D eigenvalue weighted by molar-refractivity contribution is -0.137.